The fourth-order valence-electron chi connectivity index (χ4n) is 3.75. The minimum Gasteiger partial charge on any atom is -0.355 e. The smallest absolute Gasteiger partial charge is 0.221 e. The summed E-state index contributed by atoms with van der Waals surface area (Å²) in [6.45, 7) is 1.74. The van der Waals surface area contributed by atoms with Crippen LogP contribution >= 0.6 is 23.4 Å². The van der Waals surface area contributed by atoms with Crippen LogP contribution in [0.15, 0.2) is 24.3 Å². The minimum absolute atomic E-state index is 0.0648. The Bertz CT molecular complexity index is 540. The van der Waals surface area contributed by atoms with Crippen LogP contribution in [-0.4, -0.2) is 36.5 Å². The van der Waals surface area contributed by atoms with Crippen molar-refractivity contribution in [2.45, 2.75) is 43.6 Å². The van der Waals surface area contributed by atoms with Gasteiger partial charge in [-0.25, -0.2) is 0 Å². The molecule has 0 spiro atoms. The zero-order valence-corrected chi connectivity index (χ0v) is 15.0. The van der Waals surface area contributed by atoms with Gasteiger partial charge in [-0.1, -0.05) is 36.6 Å². The summed E-state index contributed by atoms with van der Waals surface area (Å²) in [5.74, 6) is 2.35. The number of hydrogen-bond donors (Lipinski definition) is 2. The fourth-order valence-corrected chi connectivity index (χ4v) is 4.89. The number of benzene rings is 1. The van der Waals surface area contributed by atoms with E-state index in [9.17, 15) is 4.79 Å². The van der Waals surface area contributed by atoms with Crippen LogP contribution in [0.2, 0.25) is 5.02 Å². The molecule has 126 valence electrons. The van der Waals surface area contributed by atoms with Gasteiger partial charge in [0.25, 0.3) is 0 Å². The Morgan fingerprint density at radius 1 is 1.39 bits per heavy atom. The van der Waals surface area contributed by atoms with Crippen molar-refractivity contribution in [2.24, 2.45) is 0 Å². The summed E-state index contributed by atoms with van der Waals surface area (Å²) < 4.78 is 0. The molecule has 2 fully saturated rings. The van der Waals surface area contributed by atoms with Crippen LogP contribution in [0.4, 0.5) is 0 Å². The van der Waals surface area contributed by atoms with Gasteiger partial charge < -0.3 is 10.6 Å². The molecule has 0 radical (unpaired) electrons. The highest BCUT2D eigenvalue weighted by molar-refractivity contribution is 7.99. The number of halogens is 1. The summed E-state index contributed by atoms with van der Waals surface area (Å²) in [6, 6.07) is 8.47. The van der Waals surface area contributed by atoms with Crippen LogP contribution in [0.1, 0.15) is 37.7 Å². The maximum absolute atomic E-state index is 12.3. The first-order valence-electron chi connectivity index (χ1n) is 8.52. The van der Waals surface area contributed by atoms with Gasteiger partial charge in [-0.2, -0.15) is 11.8 Å². The molecule has 3 rings (SSSR count). The Morgan fingerprint density at radius 3 is 2.91 bits per heavy atom. The number of nitrogens with one attached hydrogen (secondary N) is 2. The molecule has 23 heavy (non-hydrogen) atoms. The highest BCUT2D eigenvalue weighted by Gasteiger charge is 2.36. The van der Waals surface area contributed by atoms with Gasteiger partial charge in [0.05, 0.1) is 0 Å². The Balaban J connectivity index is 1.60. The van der Waals surface area contributed by atoms with E-state index in [0.717, 1.165) is 42.5 Å². The van der Waals surface area contributed by atoms with Gasteiger partial charge in [-0.05, 0) is 30.5 Å². The molecule has 2 N–H and O–H groups in total. The van der Waals surface area contributed by atoms with E-state index < -0.39 is 0 Å². The van der Waals surface area contributed by atoms with E-state index in [2.05, 4.69) is 22.8 Å². The molecule has 1 aromatic carbocycles. The van der Waals surface area contributed by atoms with E-state index in [0.29, 0.717) is 12.5 Å². The monoisotopic (exact) mass is 352 g/mol. The van der Waals surface area contributed by atoms with Crippen molar-refractivity contribution in [1.82, 2.24) is 10.6 Å². The summed E-state index contributed by atoms with van der Waals surface area (Å²) in [5, 5.41) is 7.41. The van der Waals surface area contributed by atoms with Crippen molar-refractivity contribution in [1.29, 1.82) is 0 Å². The number of carbonyl (C=O) groups is 1. The van der Waals surface area contributed by atoms with Crippen LogP contribution in [0.5, 0.6) is 0 Å². The van der Waals surface area contributed by atoms with E-state index in [1.54, 1.807) is 0 Å². The second kappa shape index (κ2) is 7.91. The maximum Gasteiger partial charge on any atom is 0.221 e. The van der Waals surface area contributed by atoms with Gasteiger partial charge >= 0.3 is 0 Å². The third-order valence-electron chi connectivity index (χ3n) is 5.05. The van der Waals surface area contributed by atoms with E-state index >= 15 is 0 Å². The molecule has 0 bridgehead atoms. The zero-order valence-electron chi connectivity index (χ0n) is 13.4. The van der Waals surface area contributed by atoms with Crippen LogP contribution in [0.3, 0.4) is 0 Å². The molecule has 1 heterocycles. The van der Waals surface area contributed by atoms with E-state index in [1.165, 1.54) is 18.4 Å². The predicted molar refractivity (Wildman–Crippen MR) is 98.3 cm³/mol. The first-order valence-corrected chi connectivity index (χ1v) is 10.1. The van der Waals surface area contributed by atoms with Crippen LogP contribution in [0.25, 0.3) is 0 Å². The Labute approximate surface area is 147 Å². The van der Waals surface area contributed by atoms with Crippen molar-refractivity contribution < 1.29 is 4.79 Å². The first kappa shape index (κ1) is 17.1. The van der Waals surface area contributed by atoms with Crippen LogP contribution in [0, 0.1) is 0 Å². The molecule has 1 atom stereocenters. The number of carbonyl (C=O) groups excluding carboxylic acids is 1. The molecular weight excluding hydrogens is 328 g/mol. The number of rotatable bonds is 5. The summed E-state index contributed by atoms with van der Waals surface area (Å²) in [4.78, 5) is 12.3. The lowest BCUT2D eigenvalue weighted by Gasteiger charge is -2.31. The van der Waals surface area contributed by atoms with Gasteiger partial charge in [0.15, 0.2) is 0 Å². The lowest BCUT2D eigenvalue weighted by atomic mass is 9.79. The van der Waals surface area contributed by atoms with Crippen molar-refractivity contribution in [2.75, 3.05) is 24.6 Å². The topological polar surface area (TPSA) is 41.1 Å². The molecule has 1 amide bonds. The Morgan fingerprint density at radius 2 is 2.22 bits per heavy atom. The molecule has 2 aliphatic rings. The van der Waals surface area contributed by atoms with Gasteiger partial charge in [-0.3, -0.25) is 4.79 Å². The standard InChI is InChI=1S/C18H25ClN2OS/c19-15-5-3-4-14(10-15)18(6-1-2-7-18)13-21-17(22)11-16-12-23-9-8-20-16/h3-5,10,16,20H,1-2,6-9,11-13H2,(H,21,22). The fraction of sp³-hybridized carbons (Fsp3) is 0.611. The summed E-state index contributed by atoms with van der Waals surface area (Å²) in [6.07, 6.45) is 5.29. The molecule has 1 saturated heterocycles. The quantitative estimate of drug-likeness (QED) is 0.853. The van der Waals surface area contributed by atoms with Gasteiger partial charge in [0, 0.05) is 47.5 Å². The summed E-state index contributed by atoms with van der Waals surface area (Å²) in [5.41, 5.74) is 1.34. The second-order valence-electron chi connectivity index (χ2n) is 6.70. The minimum atomic E-state index is 0.0648. The van der Waals surface area contributed by atoms with Crippen LogP contribution < -0.4 is 10.6 Å². The van der Waals surface area contributed by atoms with Crippen molar-refractivity contribution in [3.8, 4) is 0 Å². The summed E-state index contributed by atoms with van der Waals surface area (Å²) in [7, 11) is 0. The summed E-state index contributed by atoms with van der Waals surface area (Å²) >= 11 is 8.11. The zero-order chi connectivity index (χ0) is 16.1. The van der Waals surface area contributed by atoms with Gasteiger partial charge in [0.2, 0.25) is 5.91 Å². The lowest BCUT2D eigenvalue weighted by Crippen LogP contribution is -2.44. The molecule has 1 saturated carbocycles. The number of amides is 1. The molecule has 1 aromatic rings. The third kappa shape index (κ3) is 4.43. The molecule has 1 aliphatic heterocycles. The van der Waals surface area contributed by atoms with E-state index in [-0.39, 0.29) is 11.3 Å². The van der Waals surface area contributed by atoms with Crippen molar-refractivity contribution in [3.63, 3.8) is 0 Å². The predicted octanol–water partition coefficient (Wildman–Crippen LogP) is 3.36. The Kier molecular flexibility index (Phi) is 5.89. The van der Waals surface area contributed by atoms with Crippen LogP contribution in [-0.2, 0) is 10.2 Å². The first-order chi connectivity index (χ1) is 11.2. The van der Waals surface area contributed by atoms with Gasteiger partial charge in [0.1, 0.15) is 0 Å². The van der Waals surface area contributed by atoms with Crippen molar-refractivity contribution in [3.05, 3.63) is 34.9 Å². The van der Waals surface area contributed by atoms with E-state index in [4.69, 9.17) is 11.6 Å². The molecule has 1 unspecified atom stereocenters. The average Bonchev–Trinajstić information content (AvgIpc) is 3.04. The number of hydrogen-bond acceptors (Lipinski definition) is 3. The number of thioether (sulfide) groups is 1. The normalized spacial score (nSPS) is 23.6. The molecular formula is C18H25ClN2OS. The molecule has 3 nitrogen and oxygen atoms in total. The molecule has 1 aliphatic carbocycles. The molecule has 0 aromatic heterocycles. The Hall–Kier alpha value is -0.710. The average molecular weight is 353 g/mol. The highest BCUT2D eigenvalue weighted by Crippen LogP contribution is 2.41. The van der Waals surface area contributed by atoms with E-state index in [1.807, 2.05) is 23.9 Å². The molecule has 5 heteroatoms. The SMILES string of the molecule is O=C(CC1CSCCN1)NCC1(c2cccc(Cl)c2)CCCC1. The third-order valence-corrected chi connectivity index (χ3v) is 6.42. The maximum atomic E-state index is 12.3. The van der Waals surface area contributed by atoms with Gasteiger partial charge in [-0.15, -0.1) is 0 Å². The lowest BCUT2D eigenvalue weighted by molar-refractivity contribution is -0.121. The van der Waals surface area contributed by atoms with Crippen molar-refractivity contribution >= 4 is 29.3 Å². The second-order valence-corrected chi connectivity index (χ2v) is 8.29. The largest absolute Gasteiger partial charge is 0.355 e. The highest BCUT2D eigenvalue weighted by atomic mass is 35.5.